The molecule has 0 amide bonds. The number of nitrogens with zero attached hydrogens (tertiary/aromatic N) is 2. The highest BCUT2D eigenvalue weighted by Crippen LogP contribution is 2.19. The number of benzene rings is 1. The number of methoxy groups -OCH3 is 1. The molecule has 0 radical (unpaired) electrons. The minimum Gasteiger partial charge on any atom is -0.465 e. The van der Waals surface area contributed by atoms with Crippen LogP contribution in [-0.2, 0) is 11.3 Å². The van der Waals surface area contributed by atoms with E-state index in [1.54, 1.807) is 12.3 Å². The number of hydrogen-bond donors (Lipinski definition) is 1. The monoisotopic (exact) mass is 233 g/mol. The van der Waals surface area contributed by atoms with Crippen molar-refractivity contribution in [3.8, 4) is 0 Å². The number of aromatic nitrogens is 2. The minimum atomic E-state index is -0.332. The van der Waals surface area contributed by atoms with E-state index in [4.69, 9.17) is 4.74 Å². The van der Waals surface area contributed by atoms with Crippen molar-refractivity contribution in [2.75, 3.05) is 20.7 Å². The lowest BCUT2D eigenvalue weighted by atomic mass is 10.1. The van der Waals surface area contributed by atoms with Crippen LogP contribution in [0.1, 0.15) is 10.4 Å². The summed E-state index contributed by atoms with van der Waals surface area (Å²) in [6.45, 7) is 1.51. The number of carbonyl (C=O) groups excluding carboxylic acids is 1. The molecule has 17 heavy (non-hydrogen) atoms. The molecule has 2 aromatic rings. The van der Waals surface area contributed by atoms with Crippen molar-refractivity contribution in [1.29, 1.82) is 0 Å². The molecule has 0 unspecified atom stereocenters. The van der Waals surface area contributed by atoms with Gasteiger partial charge in [0.1, 0.15) is 0 Å². The lowest BCUT2D eigenvalue weighted by Crippen LogP contribution is -2.16. The molecule has 1 aromatic carbocycles. The highest BCUT2D eigenvalue weighted by atomic mass is 16.5. The summed E-state index contributed by atoms with van der Waals surface area (Å²) < 4.78 is 6.60. The van der Waals surface area contributed by atoms with Gasteiger partial charge in [-0.15, -0.1) is 0 Å². The van der Waals surface area contributed by atoms with Crippen LogP contribution in [0.15, 0.2) is 24.4 Å². The molecule has 0 bridgehead atoms. The zero-order valence-corrected chi connectivity index (χ0v) is 9.93. The third-order valence-electron chi connectivity index (χ3n) is 2.64. The molecular formula is C12H15N3O2. The van der Waals surface area contributed by atoms with Gasteiger partial charge in [0, 0.05) is 11.9 Å². The molecule has 0 saturated carbocycles. The van der Waals surface area contributed by atoms with Crippen LogP contribution in [0, 0.1) is 0 Å². The van der Waals surface area contributed by atoms with Crippen LogP contribution < -0.4 is 5.32 Å². The molecule has 0 saturated heterocycles. The SMILES string of the molecule is CNCCn1ncc2cccc(C(=O)OC)c21. The molecule has 0 aliphatic heterocycles. The Kier molecular flexibility index (Phi) is 3.39. The van der Waals surface area contributed by atoms with Gasteiger partial charge >= 0.3 is 5.97 Å². The van der Waals surface area contributed by atoms with Gasteiger partial charge in [0.25, 0.3) is 0 Å². The zero-order chi connectivity index (χ0) is 12.3. The van der Waals surface area contributed by atoms with Gasteiger partial charge in [0.2, 0.25) is 0 Å². The average molecular weight is 233 g/mol. The number of esters is 1. The molecule has 0 aliphatic rings. The quantitative estimate of drug-likeness (QED) is 0.802. The molecule has 5 nitrogen and oxygen atoms in total. The van der Waals surface area contributed by atoms with Crippen molar-refractivity contribution in [2.45, 2.75) is 6.54 Å². The molecule has 1 heterocycles. The van der Waals surface area contributed by atoms with E-state index in [2.05, 4.69) is 10.4 Å². The summed E-state index contributed by atoms with van der Waals surface area (Å²) in [6.07, 6.45) is 1.76. The lowest BCUT2D eigenvalue weighted by Gasteiger charge is -2.06. The van der Waals surface area contributed by atoms with Crippen molar-refractivity contribution in [2.24, 2.45) is 0 Å². The summed E-state index contributed by atoms with van der Waals surface area (Å²) in [4.78, 5) is 11.7. The highest BCUT2D eigenvalue weighted by Gasteiger charge is 2.14. The van der Waals surface area contributed by atoms with Crippen LogP contribution in [0.3, 0.4) is 0 Å². The van der Waals surface area contributed by atoms with Crippen LogP contribution in [0.5, 0.6) is 0 Å². The van der Waals surface area contributed by atoms with Gasteiger partial charge in [-0.3, -0.25) is 4.68 Å². The maximum Gasteiger partial charge on any atom is 0.340 e. The van der Waals surface area contributed by atoms with Crippen LogP contribution in [0.2, 0.25) is 0 Å². The predicted octanol–water partition coefficient (Wildman–Crippen LogP) is 1.04. The summed E-state index contributed by atoms with van der Waals surface area (Å²) in [5.41, 5.74) is 1.38. The Morgan fingerprint density at radius 2 is 2.35 bits per heavy atom. The summed E-state index contributed by atoms with van der Waals surface area (Å²) in [5, 5.41) is 8.28. The Balaban J connectivity index is 2.51. The fraction of sp³-hybridized carbons (Fsp3) is 0.333. The second kappa shape index (κ2) is 4.97. The Morgan fingerprint density at radius 1 is 1.53 bits per heavy atom. The molecule has 5 heteroatoms. The first-order valence-electron chi connectivity index (χ1n) is 5.45. The van der Waals surface area contributed by atoms with Crippen molar-refractivity contribution in [3.05, 3.63) is 30.0 Å². The Bertz CT molecular complexity index is 534. The first kappa shape index (κ1) is 11.6. The van der Waals surface area contributed by atoms with Crippen LogP contribution in [0.4, 0.5) is 0 Å². The molecule has 2 rings (SSSR count). The zero-order valence-electron chi connectivity index (χ0n) is 9.93. The van der Waals surface area contributed by atoms with Crippen molar-refractivity contribution in [1.82, 2.24) is 15.1 Å². The van der Waals surface area contributed by atoms with Gasteiger partial charge < -0.3 is 10.1 Å². The first-order chi connectivity index (χ1) is 8.27. The molecule has 0 aliphatic carbocycles. The number of likely N-dealkylation sites (N-methyl/N-ethyl adjacent to an activating group) is 1. The number of para-hydroxylation sites is 1. The normalized spacial score (nSPS) is 10.7. The fourth-order valence-electron chi connectivity index (χ4n) is 1.81. The number of rotatable bonds is 4. The van der Waals surface area contributed by atoms with Gasteiger partial charge in [0.15, 0.2) is 0 Å². The standard InChI is InChI=1S/C12H15N3O2/c1-13-6-7-15-11-9(8-14-15)4-3-5-10(11)12(16)17-2/h3-5,8,13H,6-7H2,1-2H3. The molecule has 0 spiro atoms. The Hall–Kier alpha value is -1.88. The average Bonchev–Trinajstić information content (AvgIpc) is 2.78. The van der Waals surface area contributed by atoms with E-state index in [0.717, 1.165) is 17.4 Å². The van der Waals surface area contributed by atoms with Crippen molar-refractivity contribution in [3.63, 3.8) is 0 Å². The topological polar surface area (TPSA) is 56.2 Å². The third kappa shape index (κ3) is 2.14. The van der Waals surface area contributed by atoms with Gasteiger partial charge in [-0.05, 0) is 13.1 Å². The van der Waals surface area contributed by atoms with Crippen LogP contribution in [0.25, 0.3) is 10.9 Å². The summed E-state index contributed by atoms with van der Waals surface area (Å²) in [5.74, 6) is -0.332. The number of ether oxygens (including phenoxy) is 1. The molecule has 90 valence electrons. The lowest BCUT2D eigenvalue weighted by molar-refractivity contribution is 0.0602. The van der Waals surface area contributed by atoms with Crippen LogP contribution in [-0.4, -0.2) is 36.5 Å². The number of carbonyl (C=O) groups is 1. The van der Waals surface area contributed by atoms with Crippen molar-refractivity contribution >= 4 is 16.9 Å². The van der Waals surface area contributed by atoms with E-state index < -0.39 is 0 Å². The Labute approximate surface area is 99.4 Å². The maximum absolute atomic E-state index is 11.7. The Morgan fingerprint density at radius 3 is 3.06 bits per heavy atom. The third-order valence-corrected chi connectivity index (χ3v) is 2.64. The summed E-state index contributed by atoms with van der Waals surface area (Å²) >= 11 is 0. The molecule has 1 N–H and O–H groups in total. The van der Waals surface area contributed by atoms with E-state index in [1.165, 1.54) is 7.11 Å². The summed E-state index contributed by atoms with van der Waals surface area (Å²) in [7, 11) is 3.27. The van der Waals surface area contributed by atoms with Crippen molar-refractivity contribution < 1.29 is 9.53 Å². The molecule has 0 atom stereocenters. The predicted molar refractivity (Wildman–Crippen MR) is 65.0 cm³/mol. The molecular weight excluding hydrogens is 218 g/mol. The van der Waals surface area contributed by atoms with E-state index >= 15 is 0 Å². The maximum atomic E-state index is 11.7. The second-order valence-corrected chi connectivity index (χ2v) is 3.71. The van der Waals surface area contributed by atoms with Gasteiger partial charge in [-0.2, -0.15) is 5.10 Å². The highest BCUT2D eigenvalue weighted by molar-refractivity contribution is 6.02. The second-order valence-electron chi connectivity index (χ2n) is 3.71. The largest absolute Gasteiger partial charge is 0.465 e. The molecule has 1 aromatic heterocycles. The van der Waals surface area contributed by atoms with E-state index in [1.807, 2.05) is 23.9 Å². The number of hydrogen-bond acceptors (Lipinski definition) is 4. The smallest absolute Gasteiger partial charge is 0.340 e. The number of fused-ring (bicyclic) bond motifs is 1. The van der Waals surface area contributed by atoms with Gasteiger partial charge in [-0.1, -0.05) is 12.1 Å². The van der Waals surface area contributed by atoms with Crippen LogP contribution >= 0.6 is 0 Å². The first-order valence-corrected chi connectivity index (χ1v) is 5.45. The molecule has 0 fully saturated rings. The van der Waals surface area contributed by atoms with E-state index in [0.29, 0.717) is 12.1 Å². The van der Waals surface area contributed by atoms with E-state index in [9.17, 15) is 4.79 Å². The summed E-state index contributed by atoms with van der Waals surface area (Å²) in [6, 6.07) is 5.52. The minimum absolute atomic E-state index is 0.332. The van der Waals surface area contributed by atoms with E-state index in [-0.39, 0.29) is 5.97 Å². The van der Waals surface area contributed by atoms with Gasteiger partial charge in [0.05, 0.1) is 30.9 Å². The fourth-order valence-corrected chi connectivity index (χ4v) is 1.81. The number of nitrogens with one attached hydrogen (secondary N) is 1. The van der Waals surface area contributed by atoms with Gasteiger partial charge in [-0.25, -0.2) is 4.79 Å².